The van der Waals surface area contributed by atoms with Crippen molar-refractivity contribution in [1.29, 1.82) is 0 Å². The van der Waals surface area contributed by atoms with Crippen LogP contribution < -0.4 is 14.8 Å². The number of fused-ring (bicyclic) bond motifs is 1. The van der Waals surface area contributed by atoms with Crippen LogP contribution in [0.1, 0.15) is 11.1 Å². The van der Waals surface area contributed by atoms with Gasteiger partial charge in [0, 0.05) is 29.2 Å². The van der Waals surface area contributed by atoms with Crippen molar-refractivity contribution in [3.05, 3.63) is 64.8 Å². The van der Waals surface area contributed by atoms with Gasteiger partial charge < -0.3 is 14.8 Å². The lowest BCUT2D eigenvalue weighted by Crippen LogP contribution is -2.19. The Bertz CT molecular complexity index is 861. The van der Waals surface area contributed by atoms with Crippen LogP contribution in [0.2, 0.25) is 5.02 Å². The van der Waals surface area contributed by atoms with E-state index in [1.165, 1.54) is 0 Å². The third-order valence-electron chi connectivity index (χ3n) is 4.13. The predicted octanol–water partition coefficient (Wildman–Crippen LogP) is 3.79. The van der Waals surface area contributed by atoms with E-state index >= 15 is 0 Å². The zero-order valence-corrected chi connectivity index (χ0v) is 14.3. The molecule has 0 atom stereocenters. The third kappa shape index (κ3) is 3.48. The van der Waals surface area contributed by atoms with Crippen LogP contribution in [-0.4, -0.2) is 23.4 Å². The Morgan fingerprint density at radius 1 is 1.00 bits per heavy atom. The molecule has 5 nitrogen and oxygen atoms in total. The molecule has 0 spiro atoms. The minimum absolute atomic E-state index is 0.590. The molecule has 1 aliphatic heterocycles. The molecule has 0 aliphatic carbocycles. The molecule has 0 radical (unpaired) electrons. The van der Waals surface area contributed by atoms with Crippen LogP contribution in [0.25, 0.3) is 11.3 Å². The van der Waals surface area contributed by atoms with Gasteiger partial charge in [0.25, 0.3) is 0 Å². The summed E-state index contributed by atoms with van der Waals surface area (Å²) in [6.45, 7) is 2.58. The fraction of sp³-hybridized carbons (Fsp3) is 0.211. The summed E-state index contributed by atoms with van der Waals surface area (Å²) in [5.74, 6) is 1.65. The molecule has 1 aliphatic rings. The molecular weight excluding hydrogens is 338 g/mol. The van der Waals surface area contributed by atoms with Crippen molar-refractivity contribution in [3.8, 4) is 22.8 Å². The van der Waals surface area contributed by atoms with Crippen LogP contribution in [0.4, 0.5) is 0 Å². The van der Waals surface area contributed by atoms with Crippen LogP contribution in [0.3, 0.4) is 0 Å². The predicted molar refractivity (Wildman–Crippen MR) is 97.0 cm³/mol. The molecule has 2 N–H and O–H groups in total. The topological polar surface area (TPSA) is 59.2 Å². The molecule has 0 unspecified atom stereocenters. The standard InChI is InChI=1S/C19H18ClN3O2/c20-16-6-4-13(5-7-16)18-15(12-22-23-18)11-21-10-14-2-1-3-17-19(14)25-9-8-24-17/h1-7,12,21H,8-11H2,(H,22,23). The molecule has 1 aromatic heterocycles. The van der Waals surface area contributed by atoms with E-state index in [1.54, 1.807) is 0 Å². The highest BCUT2D eigenvalue weighted by atomic mass is 35.5. The highest BCUT2D eigenvalue weighted by Gasteiger charge is 2.15. The van der Waals surface area contributed by atoms with Gasteiger partial charge in [-0.05, 0) is 23.8 Å². The van der Waals surface area contributed by atoms with Gasteiger partial charge in [-0.25, -0.2) is 0 Å². The number of nitrogens with one attached hydrogen (secondary N) is 2. The summed E-state index contributed by atoms with van der Waals surface area (Å²) in [6, 6.07) is 13.7. The van der Waals surface area contributed by atoms with Crippen molar-refractivity contribution in [3.63, 3.8) is 0 Å². The average Bonchev–Trinajstić information content (AvgIpc) is 3.11. The second-order valence-electron chi connectivity index (χ2n) is 5.82. The molecule has 0 fully saturated rings. The highest BCUT2D eigenvalue weighted by molar-refractivity contribution is 6.30. The van der Waals surface area contributed by atoms with E-state index in [2.05, 4.69) is 21.6 Å². The SMILES string of the molecule is Clc1ccc(-c2[nH]ncc2CNCc2cccc3c2OCCO3)cc1. The van der Waals surface area contributed by atoms with Gasteiger partial charge in [0.15, 0.2) is 11.5 Å². The van der Waals surface area contributed by atoms with Crippen LogP contribution in [-0.2, 0) is 13.1 Å². The summed E-state index contributed by atoms with van der Waals surface area (Å²) in [7, 11) is 0. The number of para-hydroxylation sites is 1. The first-order chi connectivity index (χ1) is 12.3. The Morgan fingerprint density at radius 2 is 1.80 bits per heavy atom. The molecule has 2 heterocycles. The number of hydrogen-bond acceptors (Lipinski definition) is 4. The maximum Gasteiger partial charge on any atom is 0.165 e. The van der Waals surface area contributed by atoms with Crippen molar-refractivity contribution >= 4 is 11.6 Å². The van der Waals surface area contributed by atoms with Crippen molar-refractivity contribution in [2.75, 3.05) is 13.2 Å². The van der Waals surface area contributed by atoms with E-state index in [9.17, 15) is 0 Å². The lowest BCUT2D eigenvalue weighted by atomic mass is 10.1. The summed E-state index contributed by atoms with van der Waals surface area (Å²) in [5.41, 5.74) is 4.25. The quantitative estimate of drug-likeness (QED) is 0.731. The Balaban J connectivity index is 1.45. The number of nitrogens with zero attached hydrogens (tertiary/aromatic N) is 1. The molecular formula is C19H18ClN3O2. The summed E-state index contributed by atoms with van der Waals surface area (Å²) < 4.78 is 11.4. The van der Waals surface area contributed by atoms with Gasteiger partial charge in [0.1, 0.15) is 13.2 Å². The van der Waals surface area contributed by atoms with Crippen LogP contribution in [0.5, 0.6) is 11.5 Å². The zero-order chi connectivity index (χ0) is 17.1. The lowest BCUT2D eigenvalue weighted by Gasteiger charge is -2.21. The first-order valence-corrected chi connectivity index (χ1v) is 8.55. The number of benzene rings is 2. The van der Waals surface area contributed by atoms with E-state index < -0.39 is 0 Å². The van der Waals surface area contributed by atoms with Gasteiger partial charge in [-0.3, -0.25) is 5.10 Å². The minimum Gasteiger partial charge on any atom is -0.486 e. The van der Waals surface area contributed by atoms with Crippen LogP contribution in [0, 0.1) is 0 Å². The van der Waals surface area contributed by atoms with E-state index in [0.717, 1.165) is 38.9 Å². The van der Waals surface area contributed by atoms with Gasteiger partial charge in [0.05, 0.1) is 11.9 Å². The van der Waals surface area contributed by atoms with Crippen molar-refractivity contribution in [2.45, 2.75) is 13.1 Å². The molecule has 4 rings (SSSR count). The van der Waals surface area contributed by atoms with Gasteiger partial charge in [-0.1, -0.05) is 35.9 Å². The van der Waals surface area contributed by atoms with E-state index in [0.29, 0.717) is 26.3 Å². The number of hydrogen-bond donors (Lipinski definition) is 2. The second-order valence-corrected chi connectivity index (χ2v) is 6.26. The second kappa shape index (κ2) is 7.17. The molecule has 0 saturated heterocycles. The van der Waals surface area contributed by atoms with E-state index in [1.807, 2.05) is 42.6 Å². The Hall–Kier alpha value is -2.50. The van der Waals surface area contributed by atoms with E-state index in [-0.39, 0.29) is 0 Å². The molecule has 128 valence electrons. The van der Waals surface area contributed by atoms with Gasteiger partial charge in [-0.15, -0.1) is 0 Å². The monoisotopic (exact) mass is 355 g/mol. The average molecular weight is 356 g/mol. The Kier molecular flexibility index (Phi) is 4.59. The maximum absolute atomic E-state index is 5.96. The summed E-state index contributed by atoms with van der Waals surface area (Å²) in [4.78, 5) is 0. The molecule has 0 bridgehead atoms. The Morgan fingerprint density at radius 3 is 2.68 bits per heavy atom. The summed E-state index contributed by atoms with van der Waals surface area (Å²) in [5, 5.41) is 11.4. The van der Waals surface area contributed by atoms with Crippen molar-refractivity contribution in [2.24, 2.45) is 0 Å². The number of ether oxygens (including phenoxy) is 2. The van der Waals surface area contributed by atoms with Crippen molar-refractivity contribution < 1.29 is 9.47 Å². The molecule has 25 heavy (non-hydrogen) atoms. The van der Waals surface area contributed by atoms with Gasteiger partial charge in [0.2, 0.25) is 0 Å². The number of aromatic amines is 1. The Labute approximate surface area is 150 Å². The number of aromatic nitrogens is 2. The zero-order valence-electron chi connectivity index (χ0n) is 13.6. The molecule has 0 saturated carbocycles. The number of rotatable bonds is 5. The lowest BCUT2D eigenvalue weighted by molar-refractivity contribution is 0.169. The minimum atomic E-state index is 0.590. The molecule has 2 aromatic carbocycles. The molecule has 6 heteroatoms. The number of halogens is 1. The highest BCUT2D eigenvalue weighted by Crippen LogP contribution is 2.33. The fourth-order valence-electron chi connectivity index (χ4n) is 2.92. The van der Waals surface area contributed by atoms with Gasteiger partial charge in [-0.2, -0.15) is 5.10 Å². The normalized spacial score (nSPS) is 13.0. The largest absolute Gasteiger partial charge is 0.486 e. The van der Waals surface area contributed by atoms with Crippen molar-refractivity contribution in [1.82, 2.24) is 15.5 Å². The maximum atomic E-state index is 5.96. The fourth-order valence-corrected chi connectivity index (χ4v) is 3.04. The third-order valence-corrected chi connectivity index (χ3v) is 4.38. The molecule has 0 amide bonds. The summed E-state index contributed by atoms with van der Waals surface area (Å²) >= 11 is 5.96. The van der Waals surface area contributed by atoms with Gasteiger partial charge >= 0.3 is 0 Å². The van der Waals surface area contributed by atoms with Crippen LogP contribution >= 0.6 is 11.6 Å². The van der Waals surface area contributed by atoms with E-state index in [4.69, 9.17) is 21.1 Å². The first-order valence-electron chi connectivity index (χ1n) is 8.17. The smallest absolute Gasteiger partial charge is 0.165 e. The number of H-pyrrole nitrogens is 1. The molecule has 3 aromatic rings. The first kappa shape index (κ1) is 16.0. The summed E-state index contributed by atoms with van der Waals surface area (Å²) in [6.07, 6.45) is 1.84. The van der Waals surface area contributed by atoms with Crippen LogP contribution in [0.15, 0.2) is 48.7 Å².